The van der Waals surface area contributed by atoms with Gasteiger partial charge in [0.1, 0.15) is 0 Å². The van der Waals surface area contributed by atoms with Crippen LogP contribution in [0.5, 0.6) is 5.88 Å². The zero-order valence-corrected chi connectivity index (χ0v) is 12.5. The van der Waals surface area contributed by atoms with Crippen LogP contribution in [0.1, 0.15) is 5.56 Å². The van der Waals surface area contributed by atoms with Gasteiger partial charge in [-0.05, 0) is 25.1 Å². The quantitative estimate of drug-likeness (QED) is 0.722. The number of rotatable bonds is 3. The summed E-state index contributed by atoms with van der Waals surface area (Å²) in [5.41, 5.74) is 1.71. The Morgan fingerprint density at radius 1 is 1.05 bits per heavy atom. The van der Waals surface area contributed by atoms with Crippen molar-refractivity contribution in [1.29, 1.82) is 0 Å². The van der Waals surface area contributed by atoms with E-state index in [9.17, 15) is 13.5 Å². The summed E-state index contributed by atoms with van der Waals surface area (Å²) in [5, 5.41) is 14.2. The van der Waals surface area contributed by atoms with Crippen molar-refractivity contribution in [2.75, 3.05) is 0 Å². The van der Waals surface area contributed by atoms with Crippen molar-refractivity contribution in [3.8, 4) is 5.88 Å². The molecule has 3 rings (SSSR count). The highest BCUT2D eigenvalue weighted by Crippen LogP contribution is 2.35. The van der Waals surface area contributed by atoms with Gasteiger partial charge in [0.15, 0.2) is 5.69 Å². The molecule has 0 aliphatic rings. The van der Waals surface area contributed by atoms with Gasteiger partial charge in [-0.2, -0.15) is 8.42 Å². The molecule has 3 aromatic rings. The minimum absolute atomic E-state index is 0.0566. The van der Waals surface area contributed by atoms with Crippen LogP contribution in [0, 0.1) is 6.92 Å². The van der Waals surface area contributed by atoms with Crippen molar-refractivity contribution in [3.05, 3.63) is 54.1 Å². The van der Waals surface area contributed by atoms with Crippen molar-refractivity contribution in [2.24, 2.45) is 9.63 Å². The molecular formula is C15H13N3O3S. The third kappa shape index (κ3) is 2.58. The largest absolute Gasteiger partial charge is 0.493 e. The molecule has 6 nitrogen and oxygen atoms in total. The summed E-state index contributed by atoms with van der Waals surface area (Å²) in [6.07, 6.45) is 0. The molecule has 0 amide bonds. The van der Waals surface area contributed by atoms with Crippen molar-refractivity contribution in [3.63, 3.8) is 0 Å². The third-order valence-corrected chi connectivity index (χ3v) is 4.39. The fraction of sp³-hybridized carbons (Fsp3) is 0.0667. The van der Waals surface area contributed by atoms with E-state index in [1.165, 1.54) is 12.1 Å². The van der Waals surface area contributed by atoms with Gasteiger partial charge in [-0.1, -0.05) is 40.4 Å². The van der Waals surface area contributed by atoms with Crippen LogP contribution in [0.4, 0.5) is 5.69 Å². The maximum atomic E-state index is 12.1. The Balaban J connectivity index is 2.02. The summed E-state index contributed by atoms with van der Waals surface area (Å²) in [6, 6.07) is 13.3. The first-order chi connectivity index (χ1) is 10.5. The number of para-hydroxylation sites is 1. The summed E-state index contributed by atoms with van der Waals surface area (Å²) in [7, 11) is -3.91. The second-order valence-electron chi connectivity index (χ2n) is 4.84. The number of hydrogen-bond acceptors (Lipinski definition) is 4. The number of sulfonamides is 1. The van der Waals surface area contributed by atoms with E-state index in [-0.39, 0.29) is 16.5 Å². The Kier molecular flexibility index (Phi) is 3.42. The Labute approximate surface area is 127 Å². The lowest BCUT2D eigenvalue weighted by molar-refractivity contribution is 0.459. The molecule has 0 bridgehead atoms. The predicted octanol–water partition coefficient (Wildman–Crippen LogP) is 3.65. The molecule has 0 saturated carbocycles. The van der Waals surface area contributed by atoms with Crippen LogP contribution in [0.25, 0.3) is 10.9 Å². The van der Waals surface area contributed by atoms with Gasteiger partial charge in [-0.3, -0.25) is 0 Å². The number of aromatic nitrogens is 1. The third-order valence-electron chi connectivity index (χ3n) is 3.23. The zero-order valence-electron chi connectivity index (χ0n) is 11.7. The smallest absolute Gasteiger partial charge is 0.299 e. The molecule has 0 spiro atoms. The van der Waals surface area contributed by atoms with E-state index in [1.807, 2.05) is 6.92 Å². The van der Waals surface area contributed by atoms with E-state index in [1.54, 1.807) is 36.4 Å². The van der Waals surface area contributed by atoms with Gasteiger partial charge < -0.3 is 10.1 Å². The average molecular weight is 315 g/mol. The topological polar surface area (TPSA) is 94.9 Å². The van der Waals surface area contributed by atoms with Gasteiger partial charge in [0, 0.05) is 5.39 Å². The minimum Gasteiger partial charge on any atom is -0.493 e. The van der Waals surface area contributed by atoms with E-state index in [2.05, 4.69) is 14.6 Å². The van der Waals surface area contributed by atoms with Gasteiger partial charge in [0.2, 0.25) is 5.88 Å². The minimum atomic E-state index is -3.91. The highest BCUT2D eigenvalue weighted by atomic mass is 32.2. The molecule has 22 heavy (non-hydrogen) atoms. The molecule has 112 valence electrons. The fourth-order valence-corrected chi connectivity index (χ4v) is 2.83. The molecule has 2 aromatic carbocycles. The summed E-state index contributed by atoms with van der Waals surface area (Å²) >= 11 is 0. The second-order valence-corrected chi connectivity index (χ2v) is 6.42. The molecule has 0 atom stereocenters. The molecule has 7 heteroatoms. The molecule has 0 saturated heterocycles. The second kappa shape index (κ2) is 5.27. The summed E-state index contributed by atoms with van der Waals surface area (Å²) < 4.78 is 27.7. The van der Waals surface area contributed by atoms with E-state index in [0.29, 0.717) is 10.9 Å². The van der Waals surface area contributed by atoms with Crippen LogP contribution in [0.15, 0.2) is 63.1 Å². The highest BCUT2D eigenvalue weighted by Gasteiger charge is 2.15. The van der Waals surface area contributed by atoms with Crippen LogP contribution in [0.2, 0.25) is 0 Å². The van der Waals surface area contributed by atoms with E-state index < -0.39 is 10.0 Å². The fourth-order valence-electron chi connectivity index (χ4n) is 2.07. The number of H-pyrrole nitrogens is 1. The van der Waals surface area contributed by atoms with Crippen LogP contribution in [-0.2, 0) is 10.0 Å². The molecule has 2 N–H and O–H groups in total. The lowest BCUT2D eigenvalue weighted by Gasteiger charge is -1.98. The van der Waals surface area contributed by atoms with Crippen LogP contribution < -0.4 is 0 Å². The number of nitrogens with zero attached hydrogens (tertiary/aromatic N) is 2. The Morgan fingerprint density at radius 2 is 1.73 bits per heavy atom. The number of fused-ring (bicyclic) bond motifs is 1. The monoisotopic (exact) mass is 315 g/mol. The molecule has 0 aliphatic heterocycles. The van der Waals surface area contributed by atoms with Crippen molar-refractivity contribution in [2.45, 2.75) is 11.8 Å². The van der Waals surface area contributed by atoms with E-state index in [0.717, 1.165) is 5.56 Å². The molecule has 0 aliphatic carbocycles. The summed E-state index contributed by atoms with van der Waals surface area (Å²) in [4.78, 5) is 2.77. The van der Waals surface area contributed by atoms with Gasteiger partial charge in [0.05, 0.1) is 10.4 Å². The first-order valence-electron chi connectivity index (χ1n) is 6.52. The number of aromatic amines is 1. The Bertz CT molecular complexity index is 957. The van der Waals surface area contributed by atoms with Crippen molar-refractivity contribution in [1.82, 2.24) is 4.98 Å². The first kappa shape index (κ1) is 14.3. The molecular weight excluding hydrogens is 302 g/mol. The summed E-state index contributed by atoms with van der Waals surface area (Å²) in [6.45, 7) is 1.86. The van der Waals surface area contributed by atoms with E-state index in [4.69, 9.17) is 0 Å². The normalized spacial score (nSPS) is 12.2. The van der Waals surface area contributed by atoms with Gasteiger partial charge in [-0.15, -0.1) is 5.11 Å². The predicted molar refractivity (Wildman–Crippen MR) is 82.8 cm³/mol. The molecule has 0 fully saturated rings. The maximum Gasteiger partial charge on any atom is 0.299 e. The molecule has 1 aromatic heterocycles. The number of nitrogens with one attached hydrogen (secondary N) is 1. The number of benzene rings is 2. The van der Waals surface area contributed by atoms with Crippen LogP contribution >= 0.6 is 0 Å². The molecule has 0 unspecified atom stereocenters. The van der Waals surface area contributed by atoms with Crippen LogP contribution in [-0.4, -0.2) is 18.5 Å². The highest BCUT2D eigenvalue weighted by molar-refractivity contribution is 7.90. The molecule has 1 heterocycles. The average Bonchev–Trinajstić information content (AvgIpc) is 2.81. The summed E-state index contributed by atoms with van der Waals surface area (Å²) in [5.74, 6) is -0.218. The zero-order chi connectivity index (χ0) is 15.7. The van der Waals surface area contributed by atoms with Crippen molar-refractivity contribution < 1.29 is 13.5 Å². The van der Waals surface area contributed by atoms with Gasteiger partial charge in [0.25, 0.3) is 10.0 Å². The molecule has 0 radical (unpaired) electrons. The Morgan fingerprint density at radius 3 is 2.45 bits per heavy atom. The lowest BCUT2D eigenvalue weighted by atomic mass is 10.2. The van der Waals surface area contributed by atoms with Crippen LogP contribution in [0.3, 0.4) is 0 Å². The lowest BCUT2D eigenvalue weighted by Crippen LogP contribution is -1.95. The van der Waals surface area contributed by atoms with Gasteiger partial charge in [-0.25, -0.2) is 0 Å². The first-order valence-corrected chi connectivity index (χ1v) is 7.96. The van der Waals surface area contributed by atoms with E-state index >= 15 is 0 Å². The van der Waals surface area contributed by atoms with Gasteiger partial charge >= 0.3 is 0 Å². The SMILES string of the molecule is Cc1ccc(S(=O)(=O)N=Nc2c(O)[nH]c3ccccc23)cc1. The number of hydrogen-bond donors (Lipinski definition) is 2. The number of aryl methyl sites for hydroxylation is 1. The number of aromatic hydroxyl groups is 1. The maximum absolute atomic E-state index is 12.1. The Hall–Kier alpha value is -2.67. The standard InChI is InChI=1S/C15H13N3O3S/c1-10-6-8-11(9-7-10)22(20,21)18-17-14-12-4-2-3-5-13(12)16-15(14)19/h2-9,16,19H,1H3. The van der Waals surface area contributed by atoms with Crippen molar-refractivity contribution >= 4 is 26.6 Å².